The van der Waals surface area contributed by atoms with Crippen LogP contribution in [-0.4, -0.2) is 18.7 Å². The van der Waals surface area contributed by atoms with Crippen LogP contribution in [0.2, 0.25) is 0 Å². The lowest BCUT2D eigenvalue weighted by molar-refractivity contribution is 0.00664. The Hall–Kier alpha value is -1.03. The maximum absolute atomic E-state index is 12.0. The number of hydrogen-bond donors (Lipinski definition) is 0. The van der Waals surface area contributed by atoms with E-state index in [1.165, 1.54) is 0 Å². The highest BCUT2D eigenvalue weighted by Gasteiger charge is 2.22. The molecular weight excluding hydrogens is 284 g/mol. The summed E-state index contributed by atoms with van der Waals surface area (Å²) in [7, 11) is 1.55. The molecular formula is C13H17BrO3. The lowest BCUT2D eigenvalue weighted by atomic mass is 10.1. The molecule has 0 atom stereocenters. The molecule has 0 radical (unpaired) electrons. The van der Waals surface area contributed by atoms with E-state index in [0.717, 1.165) is 5.56 Å². The molecule has 0 bridgehead atoms. The first kappa shape index (κ1) is 14.0. The molecule has 0 unspecified atom stereocenters. The monoisotopic (exact) mass is 300 g/mol. The van der Waals surface area contributed by atoms with E-state index < -0.39 is 5.60 Å². The molecule has 17 heavy (non-hydrogen) atoms. The molecule has 0 spiro atoms. The van der Waals surface area contributed by atoms with Gasteiger partial charge in [0.25, 0.3) is 0 Å². The van der Waals surface area contributed by atoms with Crippen LogP contribution in [0.15, 0.2) is 18.2 Å². The smallest absolute Gasteiger partial charge is 0.342 e. The van der Waals surface area contributed by atoms with E-state index in [2.05, 4.69) is 15.9 Å². The van der Waals surface area contributed by atoms with E-state index in [9.17, 15) is 4.79 Å². The van der Waals surface area contributed by atoms with E-state index >= 15 is 0 Å². The highest BCUT2D eigenvalue weighted by Crippen LogP contribution is 2.27. The number of para-hydroxylation sites is 1. The zero-order chi connectivity index (χ0) is 13.1. The summed E-state index contributed by atoms with van der Waals surface area (Å²) in [4.78, 5) is 12.0. The van der Waals surface area contributed by atoms with Crippen molar-refractivity contribution in [1.82, 2.24) is 0 Å². The predicted octanol–water partition coefficient (Wildman–Crippen LogP) is 3.55. The van der Waals surface area contributed by atoms with Crippen LogP contribution >= 0.6 is 15.9 Å². The van der Waals surface area contributed by atoms with Crippen LogP contribution < -0.4 is 4.74 Å². The maximum Gasteiger partial charge on any atom is 0.342 e. The largest absolute Gasteiger partial charge is 0.496 e. The summed E-state index contributed by atoms with van der Waals surface area (Å²) in [6, 6.07) is 5.43. The molecule has 4 heteroatoms. The molecule has 3 nitrogen and oxygen atoms in total. The number of alkyl halides is 1. The van der Waals surface area contributed by atoms with Crippen molar-refractivity contribution >= 4 is 21.9 Å². The molecule has 0 N–H and O–H groups in total. The minimum absolute atomic E-state index is 0.364. The Labute approximate surface area is 110 Å². The normalized spacial score (nSPS) is 11.1. The number of benzene rings is 1. The number of hydrogen-bond acceptors (Lipinski definition) is 3. The van der Waals surface area contributed by atoms with Gasteiger partial charge in [-0.3, -0.25) is 0 Å². The molecule has 94 valence electrons. The molecule has 1 rings (SSSR count). The molecule has 0 saturated carbocycles. The number of halogens is 1. The Balaban J connectivity index is 3.09. The lowest BCUT2D eigenvalue weighted by Gasteiger charge is -2.20. The number of rotatable bonds is 3. The summed E-state index contributed by atoms with van der Waals surface area (Å²) < 4.78 is 10.6. The van der Waals surface area contributed by atoms with Crippen molar-refractivity contribution in [3.05, 3.63) is 29.3 Å². The minimum atomic E-state index is -0.507. The number of ether oxygens (including phenoxy) is 2. The van der Waals surface area contributed by atoms with E-state index in [0.29, 0.717) is 16.6 Å². The van der Waals surface area contributed by atoms with Gasteiger partial charge in [-0.05, 0) is 26.8 Å². The molecule has 0 heterocycles. The van der Waals surface area contributed by atoms with E-state index in [1.54, 1.807) is 13.2 Å². The first-order valence-electron chi connectivity index (χ1n) is 5.34. The van der Waals surface area contributed by atoms with Crippen molar-refractivity contribution < 1.29 is 14.3 Å². The van der Waals surface area contributed by atoms with Crippen LogP contribution in [0.3, 0.4) is 0 Å². The molecule has 0 fully saturated rings. The zero-order valence-corrected chi connectivity index (χ0v) is 12.1. The average molecular weight is 301 g/mol. The number of carbonyl (C=O) groups excluding carboxylic acids is 1. The average Bonchev–Trinajstić information content (AvgIpc) is 2.25. The van der Waals surface area contributed by atoms with Crippen LogP contribution in [0, 0.1) is 0 Å². The van der Waals surface area contributed by atoms with Gasteiger partial charge in [0.05, 0.1) is 7.11 Å². The third-order valence-corrected chi connectivity index (χ3v) is 2.67. The lowest BCUT2D eigenvalue weighted by Crippen LogP contribution is -2.24. The summed E-state index contributed by atoms with van der Waals surface area (Å²) in [5.41, 5.74) is 0.877. The van der Waals surface area contributed by atoms with Crippen LogP contribution in [-0.2, 0) is 10.1 Å². The summed E-state index contributed by atoms with van der Waals surface area (Å²) in [5, 5.41) is 0.632. The van der Waals surface area contributed by atoms with Gasteiger partial charge in [0.2, 0.25) is 0 Å². The van der Waals surface area contributed by atoms with Gasteiger partial charge < -0.3 is 9.47 Å². The van der Waals surface area contributed by atoms with Crippen molar-refractivity contribution in [2.24, 2.45) is 0 Å². The Morgan fingerprint density at radius 1 is 1.35 bits per heavy atom. The fourth-order valence-electron chi connectivity index (χ4n) is 1.42. The van der Waals surface area contributed by atoms with Gasteiger partial charge in [0, 0.05) is 10.9 Å². The molecule has 0 aromatic heterocycles. The maximum atomic E-state index is 12.0. The Morgan fingerprint density at radius 3 is 2.47 bits per heavy atom. The second-order valence-electron chi connectivity index (χ2n) is 4.63. The van der Waals surface area contributed by atoms with E-state index in [1.807, 2.05) is 32.9 Å². The highest BCUT2D eigenvalue weighted by molar-refractivity contribution is 9.08. The third kappa shape index (κ3) is 3.73. The minimum Gasteiger partial charge on any atom is -0.496 e. The second-order valence-corrected chi connectivity index (χ2v) is 5.19. The van der Waals surface area contributed by atoms with Gasteiger partial charge >= 0.3 is 5.97 Å². The van der Waals surface area contributed by atoms with E-state index in [-0.39, 0.29) is 5.97 Å². The fourth-order valence-corrected chi connectivity index (χ4v) is 1.87. The molecule has 0 amide bonds. The van der Waals surface area contributed by atoms with Gasteiger partial charge in [0.1, 0.15) is 16.9 Å². The number of carbonyl (C=O) groups is 1. The second kappa shape index (κ2) is 5.54. The van der Waals surface area contributed by atoms with Gasteiger partial charge in [-0.25, -0.2) is 4.79 Å². The van der Waals surface area contributed by atoms with Crippen molar-refractivity contribution in [3.8, 4) is 5.75 Å². The third-order valence-electron chi connectivity index (χ3n) is 2.06. The Morgan fingerprint density at radius 2 is 2.00 bits per heavy atom. The molecule has 0 aliphatic carbocycles. The SMILES string of the molecule is COc1c(CBr)cccc1C(=O)OC(C)(C)C. The summed E-state index contributed by atoms with van der Waals surface area (Å²) >= 11 is 3.36. The topological polar surface area (TPSA) is 35.5 Å². The van der Waals surface area contributed by atoms with Gasteiger partial charge in [0.15, 0.2) is 0 Å². The number of esters is 1. The van der Waals surface area contributed by atoms with Gasteiger partial charge in [-0.15, -0.1) is 0 Å². The summed E-state index contributed by atoms with van der Waals surface area (Å²) in [5.74, 6) is 0.204. The van der Waals surface area contributed by atoms with Gasteiger partial charge in [-0.2, -0.15) is 0 Å². The van der Waals surface area contributed by atoms with E-state index in [4.69, 9.17) is 9.47 Å². The molecule has 0 saturated heterocycles. The Kier molecular flexibility index (Phi) is 4.57. The molecule has 0 aliphatic heterocycles. The van der Waals surface area contributed by atoms with Crippen molar-refractivity contribution in [1.29, 1.82) is 0 Å². The first-order chi connectivity index (χ1) is 7.89. The molecule has 0 aliphatic rings. The van der Waals surface area contributed by atoms with Crippen LogP contribution in [0.5, 0.6) is 5.75 Å². The highest BCUT2D eigenvalue weighted by atomic mass is 79.9. The van der Waals surface area contributed by atoms with Crippen molar-refractivity contribution in [3.63, 3.8) is 0 Å². The predicted molar refractivity (Wildman–Crippen MR) is 70.8 cm³/mol. The fraction of sp³-hybridized carbons (Fsp3) is 0.462. The summed E-state index contributed by atoms with van der Waals surface area (Å²) in [6.07, 6.45) is 0. The molecule has 1 aromatic carbocycles. The van der Waals surface area contributed by atoms with Crippen LogP contribution in [0.25, 0.3) is 0 Å². The van der Waals surface area contributed by atoms with Crippen LogP contribution in [0.4, 0.5) is 0 Å². The van der Waals surface area contributed by atoms with Crippen molar-refractivity contribution in [2.75, 3.05) is 7.11 Å². The number of methoxy groups -OCH3 is 1. The standard InChI is InChI=1S/C13H17BrO3/c1-13(2,3)17-12(15)10-7-5-6-9(8-14)11(10)16-4/h5-7H,8H2,1-4H3. The zero-order valence-electron chi connectivity index (χ0n) is 10.5. The quantitative estimate of drug-likeness (QED) is 0.632. The summed E-state index contributed by atoms with van der Waals surface area (Å²) in [6.45, 7) is 5.52. The molecule has 1 aromatic rings. The van der Waals surface area contributed by atoms with Crippen LogP contribution in [0.1, 0.15) is 36.7 Å². The van der Waals surface area contributed by atoms with Crippen molar-refractivity contribution in [2.45, 2.75) is 31.7 Å². The first-order valence-corrected chi connectivity index (χ1v) is 6.46. The van der Waals surface area contributed by atoms with Gasteiger partial charge in [-0.1, -0.05) is 28.1 Å². The Bertz CT molecular complexity index is 408.